The lowest BCUT2D eigenvalue weighted by molar-refractivity contribution is -0.122. The van der Waals surface area contributed by atoms with Crippen LogP contribution in [0, 0.1) is 6.92 Å². The minimum atomic E-state index is -0.0280. The van der Waals surface area contributed by atoms with E-state index < -0.39 is 0 Å². The lowest BCUT2D eigenvalue weighted by Crippen LogP contribution is -2.30. The molecule has 0 aliphatic carbocycles. The van der Waals surface area contributed by atoms with Gasteiger partial charge in [-0.05, 0) is 49.1 Å². The third-order valence-electron chi connectivity index (χ3n) is 6.07. The van der Waals surface area contributed by atoms with Crippen LogP contribution in [0.3, 0.4) is 0 Å². The molecule has 0 saturated carbocycles. The molecular formula is C30H30N2O2S2. The van der Waals surface area contributed by atoms with Gasteiger partial charge in [0, 0.05) is 18.7 Å². The fourth-order valence-corrected chi connectivity index (χ4v) is 5.37. The van der Waals surface area contributed by atoms with Gasteiger partial charge in [0.05, 0.1) is 11.4 Å². The van der Waals surface area contributed by atoms with Crippen molar-refractivity contribution in [1.29, 1.82) is 0 Å². The summed E-state index contributed by atoms with van der Waals surface area (Å²) in [5, 5.41) is 0. The standard InChI is InChI=1S/C30H30N2O2S2/c1-23-16-18-24(19-17-23)21-27-29(34)31(30(35)36-27)20-10-4-9-15-28(33)32(26-13-7-3-8-14-26)22-25-11-5-2-6-12-25/h2-3,5-8,11-14,16-19,21H,4,9-10,15,20,22H2,1H3. The SMILES string of the molecule is Cc1ccc(C=C2SC(=S)N(CCCCCC(=O)N(Cc3ccccc3)c3ccccc3)C2=O)cc1. The zero-order valence-corrected chi connectivity index (χ0v) is 22.1. The Kier molecular flexibility index (Phi) is 9.09. The van der Waals surface area contributed by atoms with Crippen LogP contribution in [-0.4, -0.2) is 27.6 Å². The van der Waals surface area contributed by atoms with E-state index in [1.807, 2.05) is 103 Å². The summed E-state index contributed by atoms with van der Waals surface area (Å²) in [6.45, 7) is 3.17. The molecule has 4 rings (SSSR count). The van der Waals surface area contributed by atoms with Crippen molar-refractivity contribution in [1.82, 2.24) is 4.90 Å². The molecule has 1 saturated heterocycles. The summed E-state index contributed by atoms with van der Waals surface area (Å²) in [5.41, 5.74) is 4.19. The summed E-state index contributed by atoms with van der Waals surface area (Å²) in [7, 11) is 0. The van der Waals surface area contributed by atoms with Crippen LogP contribution in [0.25, 0.3) is 6.08 Å². The fourth-order valence-electron chi connectivity index (χ4n) is 4.06. The van der Waals surface area contributed by atoms with Crippen molar-refractivity contribution in [3.63, 3.8) is 0 Å². The van der Waals surface area contributed by atoms with Gasteiger partial charge in [-0.25, -0.2) is 0 Å². The molecular weight excluding hydrogens is 484 g/mol. The largest absolute Gasteiger partial charge is 0.308 e. The summed E-state index contributed by atoms with van der Waals surface area (Å²) in [5.74, 6) is 0.0801. The minimum Gasteiger partial charge on any atom is -0.308 e. The van der Waals surface area contributed by atoms with E-state index in [2.05, 4.69) is 0 Å². The number of thioether (sulfide) groups is 1. The minimum absolute atomic E-state index is 0.0280. The number of anilines is 1. The molecule has 6 heteroatoms. The van der Waals surface area contributed by atoms with Crippen LogP contribution in [0.5, 0.6) is 0 Å². The van der Waals surface area contributed by atoms with Crippen LogP contribution in [0.2, 0.25) is 0 Å². The smallest absolute Gasteiger partial charge is 0.266 e. The van der Waals surface area contributed by atoms with E-state index in [1.54, 1.807) is 4.90 Å². The number of benzene rings is 3. The Morgan fingerprint density at radius 1 is 0.917 bits per heavy atom. The maximum atomic E-state index is 13.1. The second kappa shape index (κ2) is 12.7. The number of thiocarbonyl (C=S) groups is 1. The van der Waals surface area contributed by atoms with Crippen molar-refractivity contribution in [2.75, 3.05) is 11.4 Å². The second-order valence-electron chi connectivity index (χ2n) is 8.86. The summed E-state index contributed by atoms with van der Waals surface area (Å²) in [4.78, 5) is 30.2. The van der Waals surface area contributed by atoms with Gasteiger partial charge in [-0.2, -0.15) is 0 Å². The first-order valence-corrected chi connectivity index (χ1v) is 13.4. The van der Waals surface area contributed by atoms with Gasteiger partial charge in [-0.3, -0.25) is 14.5 Å². The van der Waals surface area contributed by atoms with Gasteiger partial charge in [0.1, 0.15) is 4.32 Å². The van der Waals surface area contributed by atoms with E-state index in [4.69, 9.17) is 12.2 Å². The maximum absolute atomic E-state index is 13.1. The molecule has 0 bridgehead atoms. The Balaban J connectivity index is 1.27. The monoisotopic (exact) mass is 514 g/mol. The molecule has 3 aromatic rings. The number of para-hydroxylation sites is 1. The van der Waals surface area contributed by atoms with Gasteiger partial charge in [-0.1, -0.05) is 109 Å². The summed E-state index contributed by atoms with van der Waals surface area (Å²) < 4.78 is 0.604. The normalized spacial score (nSPS) is 14.5. The van der Waals surface area contributed by atoms with Gasteiger partial charge >= 0.3 is 0 Å². The number of hydrogen-bond donors (Lipinski definition) is 0. The Labute approximate surface area is 223 Å². The first kappa shape index (κ1) is 25.9. The van der Waals surface area contributed by atoms with Crippen molar-refractivity contribution in [2.24, 2.45) is 0 Å². The van der Waals surface area contributed by atoms with Gasteiger partial charge in [0.15, 0.2) is 0 Å². The van der Waals surface area contributed by atoms with E-state index in [0.717, 1.165) is 36.1 Å². The number of rotatable bonds is 10. The maximum Gasteiger partial charge on any atom is 0.266 e. The number of unbranched alkanes of at least 4 members (excludes halogenated alkanes) is 2. The molecule has 184 valence electrons. The lowest BCUT2D eigenvalue weighted by Gasteiger charge is -2.23. The average Bonchev–Trinajstić information content (AvgIpc) is 3.16. The van der Waals surface area contributed by atoms with E-state index in [0.29, 0.717) is 28.7 Å². The molecule has 0 aromatic heterocycles. The van der Waals surface area contributed by atoms with Crippen molar-refractivity contribution in [3.8, 4) is 0 Å². The van der Waals surface area contributed by atoms with E-state index >= 15 is 0 Å². The molecule has 36 heavy (non-hydrogen) atoms. The molecule has 1 fully saturated rings. The van der Waals surface area contributed by atoms with E-state index in [1.165, 1.54) is 17.3 Å². The molecule has 4 nitrogen and oxygen atoms in total. The number of hydrogen-bond acceptors (Lipinski definition) is 4. The second-order valence-corrected chi connectivity index (χ2v) is 10.5. The van der Waals surface area contributed by atoms with Crippen LogP contribution in [0.1, 0.15) is 42.4 Å². The molecule has 0 N–H and O–H groups in total. The third-order valence-corrected chi connectivity index (χ3v) is 7.45. The van der Waals surface area contributed by atoms with E-state index in [9.17, 15) is 9.59 Å². The Morgan fingerprint density at radius 3 is 2.28 bits per heavy atom. The zero-order chi connectivity index (χ0) is 25.3. The van der Waals surface area contributed by atoms with Crippen LogP contribution < -0.4 is 4.90 Å². The summed E-state index contributed by atoms with van der Waals surface area (Å²) in [6, 6.07) is 27.9. The van der Waals surface area contributed by atoms with Crippen LogP contribution in [-0.2, 0) is 16.1 Å². The first-order valence-electron chi connectivity index (χ1n) is 12.2. The van der Waals surface area contributed by atoms with E-state index in [-0.39, 0.29) is 11.8 Å². The molecule has 0 radical (unpaired) electrons. The van der Waals surface area contributed by atoms with Crippen LogP contribution in [0.4, 0.5) is 5.69 Å². The van der Waals surface area contributed by atoms with Gasteiger partial charge in [0.25, 0.3) is 5.91 Å². The Hall–Kier alpha value is -3.22. The highest BCUT2D eigenvalue weighted by Crippen LogP contribution is 2.33. The molecule has 0 unspecified atom stereocenters. The predicted molar refractivity (Wildman–Crippen MR) is 154 cm³/mol. The fraction of sp³-hybridized carbons (Fsp3) is 0.233. The molecule has 0 spiro atoms. The van der Waals surface area contributed by atoms with Crippen LogP contribution >= 0.6 is 24.0 Å². The van der Waals surface area contributed by atoms with Crippen molar-refractivity contribution >= 4 is 51.9 Å². The quantitative estimate of drug-likeness (QED) is 0.166. The molecule has 3 aromatic carbocycles. The molecule has 1 heterocycles. The van der Waals surface area contributed by atoms with Crippen molar-refractivity contribution in [3.05, 3.63) is 107 Å². The topological polar surface area (TPSA) is 40.6 Å². The van der Waals surface area contributed by atoms with Crippen LogP contribution in [0.15, 0.2) is 89.8 Å². The Bertz CT molecular complexity index is 1220. The number of carbonyl (C=O) groups excluding carboxylic acids is 2. The summed E-state index contributed by atoms with van der Waals surface area (Å²) in [6.07, 6.45) is 4.80. The number of aryl methyl sites for hydroxylation is 1. The van der Waals surface area contributed by atoms with Crippen molar-refractivity contribution < 1.29 is 9.59 Å². The molecule has 0 atom stereocenters. The first-order chi connectivity index (χ1) is 17.5. The third kappa shape index (κ3) is 6.93. The van der Waals surface area contributed by atoms with Gasteiger partial charge < -0.3 is 4.90 Å². The average molecular weight is 515 g/mol. The number of carbonyl (C=O) groups is 2. The lowest BCUT2D eigenvalue weighted by atomic mass is 10.1. The molecule has 1 aliphatic heterocycles. The highest BCUT2D eigenvalue weighted by molar-refractivity contribution is 8.26. The highest BCUT2D eigenvalue weighted by Gasteiger charge is 2.31. The Morgan fingerprint density at radius 2 is 1.58 bits per heavy atom. The van der Waals surface area contributed by atoms with Gasteiger partial charge in [0.2, 0.25) is 5.91 Å². The predicted octanol–water partition coefficient (Wildman–Crippen LogP) is 6.99. The van der Waals surface area contributed by atoms with Gasteiger partial charge in [-0.15, -0.1) is 0 Å². The number of amides is 2. The zero-order valence-electron chi connectivity index (χ0n) is 20.4. The highest BCUT2D eigenvalue weighted by atomic mass is 32.2. The number of nitrogens with zero attached hydrogens (tertiary/aromatic N) is 2. The molecule has 1 aliphatic rings. The molecule has 2 amide bonds. The summed E-state index contributed by atoms with van der Waals surface area (Å²) >= 11 is 6.83. The van der Waals surface area contributed by atoms with Crippen molar-refractivity contribution in [2.45, 2.75) is 39.2 Å².